The van der Waals surface area contributed by atoms with Crippen molar-refractivity contribution in [1.82, 2.24) is 25.5 Å². The van der Waals surface area contributed by atoms with E-state index in [1.165, 1.54) is 0 Å². The Morgan fingerprint density at radius 1 is 1.27 bits per heavy atom. The van der Waals surface area contributed by atoms with Crippen molar-refractivity contribution in [2.45, 2.75) is 45.8 Å². The van der Waals surface area contributed by atoms with Gasteiger partial charge in [-0.1, -0.05) is 32.4 Å². The highest BCUT2D eigenvalue weighted by molar-refractivity contribution is 5.34. The molecule has 0 saturated heterocycles. The molecule has 0 amide bonds. The van der Waals surface area contributed by atoms with Gasteiger partial charge in [-0.2, -0.15) is 0 Å². The third-order valence-electron chi connectivity index (χ3n) is 4.45. The Balaban J connectivity index is 1.97. The Kier molecular flexibility index (Phi) is 5.26. The summed E-state index contributed by atoms with van der Waals surface area (Å²) in [5, 5.41) is 25.0. The molecule has 0 aliphatic rings. The third-order valence-corrected chi connectivity index (χ3v) is 4.45. The summed E-state index contributed by atoms with van der Waals surface area (Å²) in [5.41, 5.74) is 1.39. The number of hydrogen-bond acceptors (Lipinski definition) is 5. The molecule has 2 N–H and O–H groups in total. The van der Waals surface area contributed by atoms with Gasteiger partial charge in [0.1, 0.15) is 6.33 Å². The molecular weight excluding hydrogens is 278 g/mol. The molecule has 1 aromatic heterocycles. The number of rotatable bonds is 7. The molecule has 0 spiro atoms. The average molecular weight is 303 g/mol. The first-order valence-electron chi connectivity index (χ1n) is 7.73. The molecule has 1 aromatic carbocycles. The number of tetrazole rings is 1. The van der Waals surface area contributed by atoms with Crippen molar-refractivity contribution in [2.24, 2.45) is 5.92 Å². The highest BCUT2D eigenvalue weighted by Gasteiger charge is 2.27. The molecule has 0 aliphatic heterocycles. The molecule has 0 saturated carbocycles. The normalized spacial score (nSPS) is 17.0. The molecule has 6 heteroatoms. The molecule has 6 nitrogen and oxygen atoms in total. The largest absolute Gasteiger partial charge is 0.389 e. The molecule has 2 rings (SSSR count). The highest BCUT2D eigenvalue weighted by Crippen LogP contribution is 2.21. The molecule has 22 heavy (non-hydrogen) atoms. The third kappa shape index (κ3) is 3.90. The topological polar surface area (TPSA) is 75.9 Å². The predicted octanol–water partition coefficient (Wildman–Crippen LogP) is 2.11. The number of aliphatic hydroxyl groups is 1. The van der Waals surface area contributed by atoms with Crippen LogP contribution in [0.2, 0.25) is 0 Å². The van der Waals surface area contributed by atoms with E-state index in [0.717, 1.165) is 17.7 Å². The molecule has 3 unspecified atom stereocenters. The molecule has 0 fully saturated rings. The first-order chi connectivity index (χ1) is 10.4. The average Bonchev–Trinajstić information content (AvgIpc) is 3.06. The van der Waals surface area contributed by atoms with Gasteiger partial charge in [0, 0.05) is 12.6 Å². The minimum Gasteiger partial charge on any atom is -0.389 e. The number of nitrogens with one attached hydrogen (secondary N) is 1. The van der Waals surface area contributed by atoms with Crippen molar-refractivity contribution in [3.63, 3.8) is 0 Å². The van der Waals surface area contributed by atoms with E-state index in [-0.39, 0.29) is 12.0 Å². The fourth-order valence-corrected chi connectivity index (χ4v) is 2.29. The molecule has 2 aromatic rings. The Bertz CT molecular complexity index is 565. The smallest absolute Gasteiger partial charge is 0.143 e. The fraction of sp³-hybridized carbons (Fsp3) is 0.562. The first-order valence-corrected chi connectivity index (χ1v) is 7.73. The van der Waals surface area contributed by atoms with Crippen molar-refractivity contribution in [3.05, 3.63) is 36.2 Å². The van der Waals surface area contributed by atoms with E-state index >= 15 is 0 Å². The van der Waals surface area contributed by atoms with Crippen molar-refractivity contribution >= 4 is 0 Å². The number of benzene rings is 1. The number of nitrogens with zero attached hydrogens (tertiary/aromatic N) is 4. The van der Waals surface area contributed by atoms with Crippen molar-refractivity contribution in [2.75, 3.05) is 6.54 Å². The zero-order valence-corrected chi connectivity index (χ0v) is 13.7. The summed E-state index contributed by atoms with van der Waals surface area (Å²) in [5.74, 6) is 0.259. The van der Waals surface area contributed by atoms with Crippen LogP contribution in [0.25, 0.3) is 5.69 Å². The zero-order valence-electron chi connectivity index (χ0n) is 13.7. The lowest BCUT2D eigenvalue weighted by Gasteiger charge is -2.31. The lowest BCUT2D eigenvalue weighted by Crippen LogP contribution is -2.43. The Morgan fingerprint density at radius 2 is 1.95 bits per heavy atom. The van der Waals surface area contributed by atoms with Gasteiger partial charge in [0.05, 0.1) is 11.3 Å². The molecule has 0 radical (unpaired) electrons. The van der Waals surface area contributed by atoms with Crippen molar-refractivity contribution in [1.29, 1.82) is 0 Å². The van der Waals surface area contributed by atoms with E-state index in [0.29, 0.717) is 6.54 Å². The Labute approximate surface area is 131 Å². The number of hydrogen-bond donors (Lipinski definition) is 2. The Hall–Kier alpha value is -1.79. The van der Waals surface area contributed by atoms with E-state index < -0.39 is 5.60 Å². The van der Waals surface area contributed by atoms with Gasteiger partial charge in [0.15, 0.2) is 0 Å². The Morgan fingerprint density at radius 3 is 2.50 bits per heavy atom. The maximum atomic E-state index is 10.5. The van der Waals surface area contributed by atoms with E-state index in [9.17, 15) is 5.11 Å². The molecule has 0 bridgehead atoms. The van der Waals surface area contributed by atoms with Crippen LogP contribution < -0.4 is 5.32 Å². The van der Waals surface area contributed by atoms with Crippen LogP contribution in [-0.4, -0.2) is 37.5 Å². The van der Waals surface area contributed by atoms with Gasteiger partial charge < -0.3 is 10.4 Å². The maximum absolute atomic E-state index is 10.5. The van der Waals surface area contributed by atoms with Crippen LogP contribution in [-0.2, 0) is 0 Å². The molecule has 0 aliphatic carbocycles. The van der Waals surface area contributed by atoms with Crippen LogP contribution in [0.4, 0.5) is 0 Å². The highest BCUT2D eigenvalue weighted by atomic mass is 16.3. The summed E-state index contributed by atoms with van der Waals surface area (Å²) in [7, 11) is 0. The van der Waals surface area contributed by atoms with Gasteiger partial charge in [-0.25, -0.2) is 4.68 Å². The summed E-state index contributed by atoms with van der Waals surface area (Å²) in [6, 6.07) is 8.23. The summed E-state index contributed by atoms with van der Waals surface area (Å²) in [6.45, 7) is 8.73. The molecule has 1 heterocycles. The molecular formula is C16H25N5O. The summed E-state index contributed by atoms with van der Waals surface area (Å²) >= 11 is 0. The van der Waals surface area contributed by atoms with Crippen LogP contribution in [0.3, 0.4) is 0 Å². The SMILES string of the molecule is CCC(C)C(C)(O)CNC(C)c1ccc(-n2cnnn2)cc1. The van der Waals surface area contributed by atoms with Crippen LogP contribution in [0.5, 0.6) is 0 Å². The van der Waals surface area contributed by atoms with Crippen LogP contribution in [0, 0.1) is 5.92 Å². The lowest BCUT2D eigenvalue weighted by atomic mass is 9.88. The molecule has 3 atom stereocenters. The maximum Gasteiger partial charge on any atom is 0.143 e. The summed E-state index contributed by atoms with van der Waals surface area (Å²) < 4.78 is 1.62. The van der Waals surface area contributed by atoms with Gasteiger partial charge in [-0.3, -0.25) is 0 Å². The summed E-state index contributed by atoms with van der Waals surface area (Å²) in [6.07, 6.45) is 2.53. The monoisotopic (exact) mass is 303 g/mol. The van der Waals surface area contributed by atoms with E-state index in [4.69, 9.17) is 0 Å². The van der Waals surface area contributed by atoms with Gasteiger partial charge in [-0.05, 0) is 47.9 Å². The summed E-state index contributed by atoms with van der Waals surface area (Å²) in [4.78, 5) is 0. The van der Waals surface area contributed by atoms with Gasteiger partial charge in [-0.15, -0.1) is 5.10 Å². The first kappa shape index (κ1) is 16.6. The lowest BCUT2D eigenvalue weighted by molar-refractivity contribution is 0.00365. The minimum absolute atomic E-state index is 0.165. The number of aromatic nitrogens is 4. The standard InChI is InChI=1S/C16H25N5O/c1-5-12(2)16(4,22)10-17-13(3)14-6-8-15(9-7-14)21-11-18-19-20-21/h6-9,11-13,17,22H,5,10H2,1-4H3. The van der Waals surface area contributed by atoms with E-state index in [1.54, 1.807) is 11.0 Å². The second kappa shape index (κ2) is 6.98. The predicted molar refractivity (Wildman–Crippen MR) is 85.7 cm³/mol. The second-order valence-corrected chi connectivity index (χ2v) is 6.11. The second-order valence-electron chi connectivity index (χ2n) is 6.11. The van der Waals surface area contributed by atoms with E-state index in [2.05, 4.69) is 41.6 Å². The van der Waals surface area contributed by atoms with Gasteiger partial charge in [0.2, 0.25) is 0 Å². The van der Waals surface area contributed by atoms with E-state index in [1.807, 2.05) is 31.2 Å². The fourth-order valence-electron chi connectivity index (χ4n) is 2.29. The van der Waals surface area contributed by atoms with Gasteiger partial charge >= 0.3 is 0 Å². The molecule has 120 valence electrons. The zero-order chi connectivity index (χ0) is 16.2. The van der Waals surface area contributed by atoms with Crippen LogP contribution in [0.15, 0.2) is 30.6 Å². The van der Waals surface area contributed by atoms with Crippen LogP contribution >= 0.6 is 0 Å². The van der Waals surface area contributed by atoms with Crippen LogP contribution in [0.1, 0.15) is 45.7 Å². The quantitative estimate of drug-likeness (QED) is 0.819. The van der Waals surface area contributed by atoms with Crippen molar-refractivity contribution < 1.29 is 5.11 Å². The van der Waals surface area contributed by atoms with Gasteiger partial charge in [0.25, 0.3) is 0 Å². The minimum atomic E-state index is -0.699. The van der Waals surface area contributed by atoms with Crippen molar-refractivity contribution in [3.8, 4) is 5.69 Å².